The number of thioether (sulfide) groups is 1. The number of hydrogen-bond donors (Lipinski definition) is 1. The second-order valence-electron chi connectivity index (χ2n) is 8.53. The smallest absolute Gasteiger partial charge is 0.234 e. The number of fused-ring (bicyclic) bond motifs is 4. The van der Waals surface area contributed by atoms with Gasteiger partial charge in [-0.25, -0.2) is 4.98 Å². The molecule has 0 atom stereocenters. The number of aryl methyl sites for hydroxylation is 2. The van der Waals surface area contributed by atoms with Crippen molar-refractivity contribution < 1.29 is 4.79 Å². The number of nitrogens with one attached hydrogen (secondary N) is 1. The summed E-state index contributed by atoms with van der Waals surface area (Å²) < 4.78 is 2.20. The van der Waals surface area contributed by atoms with E-state index >= 15 is 0 Å². The van der Waals surface area contributed by atoms with Crippen LogP contribution in [0.2, 0.25) is 0 Å². The maximum Gasteiger partial charge on any atom is 0.234 e. The summed E-state index contributed by atoms with van der Waals surface area (Å²) in [6.07, 6.45) is 0.883. The topological polar surface area (TPSA) is 72.7 Å². The Morgan fingerprint density at radius 1 is 0.806 bits per heavy atom. The first-order chi connectivity index (χ1) is 17.8. The fraction of sp³-hybridized carbons (Fsp3) is 0.103. The molecule has 4 aromatic carbocycles. The molecule has 2 aromatic heterocycles. The molecule has 6 rings (SSSR count). The summed E-state index contributed by atoms with van der Waals surface area (Å²) in [6.45, 7) is 0.776. The Labute approximate surface area is 212 Å². The molecule has 0 unspecified atom stereocenters. The molecule has 0 fully saturated rings. The molecule has 0 saturated heterocycles. The monoisotopic (exact) mass is 489 g/mol. The third-order valence-electron chi connectivity index (χ3n) is 6.22. The van der Waals surface area contributed by atoms with Gasteiger partial charge in [-0.15, -0.1) is 10.2 Å². The Kier molecular flexibility index (Phi) is 6.05. The van der Waals surface area contributed by atoms with Gasteiger partial charge < -0.3 is 9.88 Å². The van der Waals surface area contributed by atoms with Crippen molar-refractivity contribution in [3.05, 3.63) is 103 Å². The molecular weight excluding hydrogens is 466 g/mol. The number of nitrogens with zero attached hydrogens (tertiary/aromatic N) is 4. The molecule has 1 N–H and O–H groups in total. The average molecular weight is 490 g/mol. The van der Waals surface area contributed by atoms with Crippen molar-refractivity contribution in [1.82, 2.24) is 19.7 Å². The van der Waals surface area contributed by atoms with E-state index in [1.54, 1.807) is 0 Å². The van der Waals surface area contributed by atoms with Gasteiger partial charge in [-0.1, -0.05) is 96.7 Å². The Morgan fingerprint density at radius 2 is 1.56 bits per heavy atom. The lowest BCUT2D eigenvalue weighted by Gasteiger charge is -2.09. The van der Waals surface area contributed by atoms with Crippen LogP contribution in [-0.2, 0) is 17.8 Å². The van der Waals surface area contributed by atoms with Crippen LogP contribution in [0.4, 0.5) is 5.69 Å². The molecule has 0 aliphatic heterocycles. The van der Waals surface area contributed by atoms with Crippen molar-refractivity contribution in [3.8, 4) is 0 Å². The predicted molar refractivity (Wildman–Crippen MR) is 146 cm³/mol. The van der Waals surface area contributed by atoms with Crippen LogP contribution in [0.15, 0.2) is 102 Å². The third-order valence-corrected chi connectivity index (χ3v) is 7.06. The first-order valence-electron chi connectivity index (χ1n) is 11.8. The normalized spacial score (nSPS) is 11.3. The first-order valence-corrected chi connectivity index (χ1v) is 12.8. The van der Waals surface area contributed by atoms with Gasteiger partial charge in [0.25, 0.3) is 0 Å². The van der Waals surface area contributed by atoms with Gasteiger partial charge in [0.2, 0.25) is 11.1 Å². The summed E-state index contributed by atoms with van der Waals surface area (Å²) >= 11 is 1.29. The third kappa shape index (κ3) is 4.41. The SMILES string of the molecule is O=C(CSc1nnc2c3ccccc3n(CCc3ccccc3)c2n1)Nc1cccc2ccccc12. The highest BCUT2D eigenvalue weighted by molar-refractivity contribution is 7.99. The second kappa shape index (κ2) is 9.79. The van der Waals surface area contributed by atoms with Crippen LogP contribution < -0.4 is 5.32 Å². The molecule has 6 aromatic rings. The van der Waals surface area contributed by atoms with Gasteiger partial charge >= 0.3 is 0 Å². The standard InChI is InChI=1S/C29H23N5OS/c35-26(30-24-15-8-12-21-11-4-5-13-22(21)24)19-36-29-31-28-27(32-33-29)23-14-6-7-16-25(23)34(28)18-17-20-9-2-1-3-10-20/h1-16H,17-19H2,(H,30,35). The minimum absolute atomic E-state index is 0.107. The largest absolute Gasteiger partial charge is 0.325 e. The van der Waals surface area contributed by atoms with Crippen molar-refractivity contribution >= 4 is 56.2 Å². The zero-order valence-corrected chi connectivity index (χ0v) is 20.3. The lowest BCUT2D eigenvalue weighted by molar-refractivity contribution is -0.113. The van der Waals surface area contributed by atoms with Crippen LogP contribution in [0.1, 0.15) is 5.56 Å². The molecule has 0 aliphatic carbocycles. The summed E-state index contributed by atoms with van der Waals surface area (Å²) in [5.41, 5.74) is 4.72. The summed E-state index contributed by atoms with van der Waals surface area (Å²) in [5, 5.41) is 15.5. The van der Waals surface area contributed by atoms with Gasteiger partial charge in [-0.05, 0) is 29.5 Å². The highest BCUT2D eigenvalue weighted by atomic mass is 32.2. The van der Waals surface area contributed by atoms with Crippen molar-refractivity contribution in [1.29, 1.82) is 0 Å². The molecule has 0 aliphatic rings. The van der Waals surface area contributed by atoms with E-state index in [-0.39, 0.29) is 11.7 Å². The van der Waals surface area contributed by atoms with Gasteiger partial charge in [0.05, 0.1) is 11.3 Å². The van der Waals surface area contributed by atoms with E-state index in [9.17, 15) is 4.79 Å². The molecule has 1 amide bonds. The van der Waals surface area contributed by atoms with E-state index in [0.29, 0.717) is 5.16 Å². The number of carbonyl (C=O) groups excluding carboxylic acids is 1. The number of benzene rings is 4. The molecule has 0 radical (unpaired) electrons. The minimum atomic E-state index is -0.107. The highest BCUT2D eigenvalue weighted by Gasteiger charge is 2.16. The number of hydrogen-bond acceptors (Lipinski definition) is 5. The summed E-state index contributed by atoms with van der Waals surface area (Å²) in [7, 11) is 0. The van der Waals surface area contributed by atoms with Crippen LogP contribution in [0.5, 0.6) is 0 Å². The van der Waals surface area contributed by atoms with E-state index in [0.717, 1.165) is 51.5 Å². The highest BCUT2D eigenvalue weighted by Crippen LogP contribution is 2.28. The maximum atomic E-state index is 12.7. The van der Waals surface area contributed by atoms with Crippen molar-refractivity contribution in [2.24, 2.45) is 0 Å². The summed E-state index contributed by atoms with van der Waals surface area (Å²) in [4.78, 5) is 17.6. The van der Waals surface area contributed by atoms with Gasteiger partial charge in [-0.3, -0.25) is 4.79 Å². The molecule has 2 heterocycles. The fourth-order valence-corrected chi connectivity index (χ4v) is 5.10. The molecule has 0 bridgehead atoms. The van der Waals surface area contributed by atoms with E-state index in [4.69, 9.17) is 4.98 Å². The maximum absolute atomic E-state index is 12.7. The molecule has 36 heavy (non-hydrogen) atoms. The number of aromatic nitrogens is 4. The lowest BCUT2D eigenvalue weighted by Crippen LogP contribution is -2.14. The van der Waals surface area contributed by atoms with E-state index in [1.807, 2.05) is 60.7 Å². The Balaban J connectivity index is 1.24. The van der Waals surface area contributed by atoms with Gasteiger partial charge in [-0.2, -0.15) is 0 Å². The average Bonchev–Trinajstić information content (AvgIpc) is 3.24. The molecule has 0 spiro atoms. The second-order valence-corrected chi connectivity index (χ2v) is 9.48. The van der Waals surface area contributed by atoms with Gasteiger partial charge in [0.1, 0.15) is 5.52 Å². The fourth-order valence-electron chi connectivity index (χ4n) is 4.51. The van der Waals surface area contributed by atoms with Gasteiger partial charge in [0, 0.05) is 23.0 Å². The Morgan fingerprint density at radius 3 is 2.44 bits per heavy atom. The van der Waals surface area contributed by atoms with E-state index in [1.165, 1.54) is 17.3 Å². The number of rotatable bonds is 7. The molecule has 7 heteroatoms. The van der Waals surface area contributed by atoms with Crippen molar-refractivity contribution in [3.63, 3.8) is 0 Å². The molecular formula is C29H23N5OS. The van der Waals surface area contributed by atoms with E-state index in [2.05, 4.69) is 56.5 Å². The lowest BCUT2D eigenvalue weighted by atomic mass is 10.1. The number of carbonyl (C=O) groups is 1. The van der Waals surface area contributed by atoms with E-state index < -0.39 is 0 Å². The van der Waals surface area contributed by atoms with Crippen LogP contribution in [0.25, 0.3) is 32.8 Å². The zero-order chi connectivity index (χ0) is 24.3. The predicted octanol–water partition coefficient (Wildman–Crippen LogP) is 6.11. The molecule has 176 valence electrons. The Bertz CT molecular complexity index is 1690. The quantitative estimate of drug-likeness (QED) is 0.274. The number of anilines is 1. The first kappa shape index (κ1) is 22.2. The van der Waals surface area contributed by atoms with Gasteiger partial charge in [0.15, 0.2) is 5.65 Å². The van der Waals surface area contributed by atoms with Crippen LogP contribution in [-0.4, -0.2) is 31.4 Å². The Hall–Kier alpha value is -4.23. The zero-order valence-electron chi connectivity index (χ0n) is 19.5. The summed E-state index contributed by atoms with van der Waals surface area (Å²) in [6, 6.07) is 32.5. The molecule has 0 saturated carbocycles. The number of para-hydroxylation sites is 1. The summed E-state index contributed by atoms with van der Waals surface area (Å²) in [5.74, 6) is 0.0883. The van der Waals surface area contributed by atoms with Crippen molar-refractivity contribution in [2.45, 2.75) is 18.1 Å². The number of amides is 1. The van der Waals surface area contributed by atoms with Crippen molar-refractivity contribution in [2.75, 3.05) is 11.1 Å². The van der Waals surface area contributed by atoms with Crippen LogP contribution in [0.3, 0.4) is 0 Å². The molecule has 6 nitrogen and oxygen atoms in total. The van der Waals surface area contributed by atoms with Crippen LogP contribution >= 0.6 is 11.8 Å². The van der Waals surface area contributed by atoms with Crippen LogP contribution in [0, 0.1) is 0 Å². The minimum Gasteiger partial charge on any atom is -0.325 e.